The van der Waals surface area contributed by atoms with Crippen molar-refractivity contribution in [2.45, 2.75) is 25.7 Å². The second kappa shape index (κ2) is 5.96. The van der Waals surface area contributed by atoms with E-state index in [-0.39, 0.29) is 11.5 Å². The highest BCUT2D eigenvalue weighted by Crippen LogP contribution is 2.39. The largest absolute Gasteiger partial charge is 0.449 e. The summed E-state index contributed by atoms with van der Waals surface area (Å²) >= 11 is 0. The van der Waals surface area contributed by atoms with E-state index in [0.29, 0.717) is 11.3 Å². The third-order valence-corrected chi connectivity index (χ3v) is 4.47. The number of benzene rings is 1. The molecule has 22 heavy (non-hydrogen) atoms. The van der Waals surface area contributed by atoms with Crippen molar-refractivity contribution < 1.29 is 17.9 Å². The summed E-state index contributed by atoms with van der Waals surface area (Å²) in [5, 5.41) is 0. The summed E-state index contributed by atoms with van der Waals surface area (Å²) in [4.78, 5) is 13.6. The number of carbonyl (C=O) groups is 1. The predicted octanol–water partition coefficient (Wildman–Crippen LogP) is 3.37. The molecule has 0 saturated heterocycles. The Labute approximate surface area is 130 Å². The summed E-state index contributed by atoms with van der Waals surface area (Å²) in [6.45, 7) is 5.78. The Balaban J connectivity index is 2.75. The molecule has 1 heterocycles. The lowest BCUT2D eigenvalue weighted by molar-refractivity contribution is 0.162. The molecule has 0 fully saturated rings. The Morgan fingerprint density at radius 2 is 1.95 bits per heavy atom. The molecule has 0 N–H and O–H groups in total. The summed E-state index contributed by atoms with van der Waals surface area (Å²) in [6.07, 6.45) is 3.98. The Bertz CT molecular complexity index is 771. The van der Waals surface area contributed by atoms with Crippen LogP contribution in [0.25, 0.3) is 5.57 Å². The topological polar surface area (TPSA) is 63.7 Å². The van der Waals surface area contributed by atoms with Crippen LogP contribution in [0.2, 0.25) is 0 Å². The lowest BCUT2D eigenvalue weighted by Crippen LogP contribution is -2.29. The van der Waals surface area contributed by atoms with Crippen molar-refractivity contribution >= 4 is 27.2 Å². The maximum atomic E-state index is 12.1. The van der Waals surface area contributed by atoms with E-state index in [0.717, 1.165) is 17.4 Å². The van der Waals surface area contributed by atoms with E-state index in [1.807, 2.05) is 13.8 Å². The molecule has 6 heteroatoms. The van der Waals surface area contributed by atoms with Crippen LogP contribution in [0.3, 0.4) is 0 Å². The van der Waals surface area contributed by atoms with Crippen molar-refractivity contribution in [3.8, 4) is 0 Å². The van der Waals surface area contributed by atoms with Crippen LogP contribution in [0.4, 0.5) is 10.5 Å². The van der Waals surface area contributed by atoms with Gasteiger partial charge in [0.25, 0.3) is 0 Å². The first kappa shape index (κ1) is 16.3. The fourth-order valence-electron chi connectivity index (χ4n) is 2.38. The molecule has 0 unspecified atom stereocenters. The molecule has 0 radical (unpaired) electrons. The maximum absolute atomic E-state index is 12.1. The van der Waals surface area contributed by atoms with E-state index in [2.05, 4.69) is 0 Å². The molecule has 0 saturated carbocycles. The van der Waals surface area contributed by atoms with E-state index >= 15 is 0 Å². The number of allylic oxidation sites excluding steroid dienone is 3. The molecule has 0 aromatic heterocycles. The van der Waals surface area contributed by atoms with Gasteiger partial charge in [-0.05, 0) is 44.6 Å². The van der Waals surface area contributed by atoms with Crippen LogP contribution in [-0.4, -0.2) is 27.4 Å². The number of hydrogen-bond donors (Lipinski definition) is 0. The van der Waals surface area contributed by atoms with Crippen molar-refractivity contribution in [1.29, 1.82) is 0 Å². The van der Waals surface area contributed by atoms with E-state index in [1.54, 1.807) is 37.4 Å². The highest BCUT2D eigenvalue weighted by atomic mass is 32.2. The highest BCUT2D eigenvalue weighted by Gasteiger charge is 2.27. The van der Waals surface area contributed by atoms with Crippen LogP contribution < -0.4 is 4.90 Å². The van der Waals surface area contributed by atoms with Gasteiger partial charge in [-0.3, -0.25) is 4.90 Å². The molecule has 0 spiro atoms. The van der Waals surface area contributed by atoms with Crippen molar-refractivity contribution in [3.05, 3.63) is 41.6 Å². The number of ether oxygens (including phenoxy) is 1. The predicted molar refractivity (Wildman–Crippen MR) is 86.5 cm³/mol. The van der Waals surface area contributed by atoms with Crippen LogP contribution in [0.1, 0.15) is 26.3 Å². The number of amides is 1. The minimum atomic E-state index is -3.42. The molecule has 1 aromatic rings. The second-order valence-corrected chi connectivity index (χ2v) is 7.20. The highest BCUT2D eigenvalue weighted by molar-refractivity contribution is 7.90. The van der Waals surface area contributed by atoms with Gasteiger partial charge in [0.2, 0.25) is 0 Å². The van der Waals surface area contributed by atoms with Gasteiger partial charge in [-0.2, -0.15) is 0 Å². The van der Waals surface area contributed by atoms with Gasteiger partial charge in [0.05, 0.1) is 17.2 Å². The van der Waals surface area contributed by atoms with Crippen molar-refractivity contribution in [2.75, 3.05) is 17.8 Å². The maximum Gasteiger partial charge on any atom is 0.418 e. The van der Waals surface area contributed by atoms with E-state index in [1.165, 1.54) is 4.90 Å². The molecule has 0 atom stereocenters. The molecule has 1 aliphatic heterocycles. The lowest BCUT2D eigenvalue weighted by atomic mass is 9.96. The molecular weight excluding hydrogens is 302 g/mol. The van der Waals surface area contributed by atoms with Crippen molar-refractivity contribution in [3.63, 3.8) is 0 Å². The third-order valence-electron chi connectivity index (χ3n) is 3.33. The third kappa shape index (κ3) is 2.92. The van der Waals surface area contributed by atoms with Crippen LogP contribution in [0, 0.1) is 0 Å². The number of carbonyl (C=O) groups excluding carboxylic acids is 1. The van der Waals surface area contributed by atoms with E-state index in [4.69, 9.17) is 4.74 Å². The van der Waals surface area contributed by atoms with Crippen LogP contribution in [-0.2, 0) is 14.6 Å². The van der Waals surface area contributed by atoms with Gasteiger partial charge in [0, 0.05) is 18.0 Å². The summed E-state index contributed by atoms with van der Waals surface area (Å²) in [6, 6.07) is 4.90. The van der Waals surface area contributed by atoms with E-state index in [9.17, 15) is 13.2 Å². The number of anilines is 1. The van der Waals surface area contributed by atoms with Gasteiger partial charge < -0.3 is 4.74 Å². The summed E-state index contributed by atoms with van der Waals surface area (Å²) < 4.78 is 29.2. The molecule has 1 aliphatic rings. The number of fused-ring (bicyclic) bond motifs is 1. The number of sulfone groups is 1. The fourth-order valence-corrected chi connectivity index (χ4v) is 3.29. The smallest absolute Gasteiger partial charge is 0.418 e. The number of hydrogen-bond acceptors (Lipinski definition) is 4. The average Bonchev–Trinajstić information content (AvgIpc) is 2.44. The first-order valence-corrected chi connectivity index (χ1v) is 8.81. The van der Waals surface area contributed by atoms with Gasteiger partial charge in [-0.25, -0.2) is 13.2 Å². The number of rotatable bonds is 2. The SMILES string of the molecule is CCOC(=O)N1C=CC(=C(C)C)c2c1cccc2S(C)(=O)=O. The van der Waals surface area contributed by atoms with Crippen LogP contribution in [0.15, 0.2) is 40.9 Å². The zero-order chi connectivity index (χ0) is 16.5. The zero-order valence-corrected chi connectivity index (χ0v) is 13.9. The second-order valence-electron chi connectivity index (χ2n) is 5.22. The minimum absolute atomic E-state index is 0.208. The lowest BCUT2D eigenvalue weighted by Gasteiger charge is -2.27. The standard InChI is InChI=1S/C16H19NO4S/c1-5-21-16(18)17-10-9-12(11(2)3)15-13(17)7-6-8-14(15)22(4,19)20/h6-10H,5H2,1-4H3. The number of nitrogens with zero attached hydrogens (tertiary/aromatic N) is 1. The first-order valence-electron chi connectivity index (χ1n) is 6.92. The molecule has 5 nitrogen and oxygen atoms in total. The monoisotopic (exact) mass is 321 g/mol. The Hall–Kier alpha value is -2.08. The first-order chi connectivity index (χ1) is 10.3. The fraction of sp³-hybridized carbons (Fsp3) is 0.312. The minimum Gasteiger partial charge on any atom is -0.449 e. The molecule has 1 aromatic carbocycles. The van der Waals surface area contributed by atoms with Gasteiger partial charge >= 0.3 is 6.09 Å². The van der Waals surface area contributed by atoms with Crippen molar-refractivity contribution in [2.24, 2.45) is 0 Å². The van der Waals surface area contributed by atoms with Crippen LogP contribution >= 0.6 is 0 Å². The molecule has 1 amide bonds. The van der Waals surface area contributed by atoms with E-state index < -0.39 is 15.9 Å². The molecule has 2 rings (SSSR count). The average molecular weight is 321 g/mol. The molecule has 0 aliphatic carbocycles. The Morgan fingerprint density at radius 1 is 1.27 bits per heavy atom. The van der Waals surface area contributed by atoms with Crippen molar-refractivity contribution in [1.82, 2.24) is 0 Å². The Morgan fingerprint density at radius 3 is 2.50 bits per heavy atom. The molecule has 118 valence electrons. The quantitative estimate of drug-likeness (QED) is 0.838. The summed E-state index contributed by atoms with van der Waals surface area (Å²) in [5.41, 5.74) is 2.83. The molecule has 0 bridgehead atoms. The van der Waals surface area contributed by atoms with Gasteiger partial charge in [-0.15, -0.1) is 0 Å². The zero-order valence-electron chi connectivity index (χ0n) is 13.1. The normalized spacial score (nSPS) is 13.8. The summed E-state index contributed by atoms with van der Waals surface area (Å²) in [5.74, 6) is 0. The van der Waals surface area contributed by atoms with Crippen LogP contribution in [0.5, 0.6) is 0 Å². The van der Waals surface area contributed by atoms with Gasteiger partial charge in [-0.1, -0.05) is 11.6 Å². The summed E-state index contributed by atoms with van der Waals surface area (Å²) in [7, 11) is -3.42. The van der Waals surface area contributed by atoms with Gasteiger partial charge in [0.1, 0.15) is 0 Å². The molecular formula is C16H19NO4S. The Kier molecular flexibility index (Phi) is 4.42. The van der Waals surface area contributed by atoms with Gasteiger partial charge in [0.15, 0.2) is 9.84 Å².